The zero-order valence-electron chi connectivity index (χ0n) is 34.4. The molecule has 0 aromatic heterocycles. The molecule has 9 atom stereocenters. The van der Waals surface area contributed by atoms with E-state index in [0.29, 0.717) is 0 Å². The number of aliphatic hydroxyl groups excluding tert-OH is 2. The number of quaternary nitrogens is 1. The summed E-state index contributed by atoms with van der Waals surface area (Å²) in [5, 5.41) is 74.3. The van der Waals surface area contributed by atoms with E-state index in [4.69, 9.17) is 23.7 Å². The molecule has 318 valence electrons. The number of nitrogens with zero attached hydrogens (tertiary/aromatic N) is 1. The second-order valence-electron chi connectivity index (χ2n) is 16.0. The largest absolute Gasteiger partial charge is 0.632 e. The number of allylic oxidation sites excluding steroid dienone is 2. The number of anilines is 1. The number of hydrogen-bond acceptors (Lipinski definition) is 14. The van der Waals surface area contributed by atoms with Crippen molar-refractivity contribution in [2.75, 3.05) is 38.7 Å². The van der Waals surface area contributed by atoms with Crippen molar-refractivity contribution in [2.45, 2.75) is 92.1 Å². The molecule has 0 saturated carbocycles. The molecule has 2 aromatic carbocycles. The molecule has 9 unspecified atom stereocenters. The van der Waals surface area contributed by atoms with Gasteiger partial charge in [-0.2, -0.15) is 0 Å². The lowest BCUT2D eigenvalue weighted by Gasteiger charge is -2.45. The number of hydroxylamine groups is 3. The van der Waals surface area contributed by atoms with Crippen LogP contribution < -0.4 is 10.1 Å². The predicted molar refractivity (Wildman–Crippen MR) is 212 cm³/mol. The summed E-state index contributed by atoms with van der Waals surface area (Å²) >= 11 is 0. The van der Waals surface area contributed by atoms with Gasteiger partial charge in [0.1, 0.15) is 43.0 Å². The third-order valence-corrected chi connectivity index (χ3v) is 11.8. The Balaban J connectivity index is 1.72. The van der Waals surface area contributed by atoms with Gasteiger partial charge in [-0.25, -0.2) is 0 Å². The van der Waals surface area contributed by atoms with E-state index in [1.54, 1.807) is 39.8 Å². The number of Topliss-reactive ketones (excluding diaryl/α,β-unsaturated/α-hetero) is 1. The Bertz CT molecular complexity index is 2020. The number of fused-ring (bicyclic) bond motifs is 14. The lowest BCUT2D eigenvalue weighted by atomic mass is 9.78. The number of carbonyl (C=O) groups excluding carboxylic acids is 3. The maximum absolute atomic E-state index is 14.4. The number of hydrogen-bond donors (Lipinski definition) is 6. The van der Waals surface area contributed by atoms with E-state index in [1.807, 2.05) is 0 Å². The van der Waals surface area contributed by atoms with Crippen LogP contribution in [0.5, 0.6) is 23.0 Å². The molecule has 4 heterocycles. The Morgan fingerprint density at radius 3 is 2.24 bits per heavy atom. The van der Waals surface area contributed by atoms with Gasteiger partial charge in [-0.15, -0.1) is 0 Å². The van der Waals surface area contributed by atoms with Crippen LogP contribution >= 0.6 is 0 Å². The Morgan fingerprint density at radius 1 is 0.966 bits per heavy atom. The lowest BCUT2D eigenvalue weighted by Crippen LogP contribution is -2.49. The van der Waals surface area contributed by atoms with Crippen LogP contribution in [-0.2, 0) is 35.1 Å². The summed E-state index contributed by atoms with van der Waals surface area (Å²) in [6.45, 7) is 12.1. The van der Waals surface area contributed by atoms with Crippen LogP contribution in [0.4, 0.5) is 5.69 Å². The molecular formula is C42H56N2O14. The van der Waals surface area contributed by atoms with Crippen molar-refractivity contribution in [1.29, 1.82) is 0 Å². The lowest BCUT2D eigenvalue weighted by molar-refractivity contribution is -0.901. The van der Waals surface area contributed by atoms with Crippen molar-refractivity contribution < 1.29 is 68.2 Å². The predicted octanol–water partition coefficient (Wildman–Crippen LogP) is 4.60. The first-order valence-corrected chi connectivity index (χ1v) is 19.4. The van der Waals surface area contributed by atoms with Gasteiger partial charge >= 0.3 is 11.8 Å². The summed E-state index contributed by atoms with van der Waals surface area (Å²) in [7, 11) is 1.42. The molecule has 0 radical (unpaired) electrons. The van der Waals surface area contributed by atoms with Gasteiger partial charge in [0.2, 0.25) is 0 Å². The quantitative estimate of drug-likeness (QED) is 0.0815. The Morgan fingerprint density at radius 2 is 1.62 bits per heavy atom. The Labute approximate surface area is 337 Å². The molecule has 1 saturated heterocycles. The number of morpholine rings is 1. The van der Waals surface area contributed by atoms with Crippen LogP contribution in [-0.4, -0.2) is 111 Å². The van der Waals surface area contributed by atoms with Gasteiger partial charge in [-0.3, -0.25) is 14.4 Å². The minimum atomic E-state index is -2.08. The van der Waals surface area contributed by atoms with Gasteiger partial charge in [-0.1, -0.05) is 45.9 Å². The zero-order valence-corrected chi connectivity index (χ0v) is 34.4. The molecule has 58 heavy (non-hydrogen) atoms. The van der Waals surface area contributed by atoms with E-state index in [9.17, 15) is 45.1 Å². The van der Waals surface area contributed by atoms with E-state index < -0.39 is 100.0 Å². The summed E-state index contributed by atoms with van der Waals surface area (Å²) in [5.74, 6) is -8.79. The van der Waals surface area contributed by atoms with E-state index in [0.717, 1.165) is 0 Å². The molecule has 16 heteroatoms. The number of methoxy groups -OCH3 is 1. The molecule has 2 aromatic rings. The first-order valence-electron chi connectivity index (χ1n) is 19.4. The summed E-state index contributed by atoms with van der Waals surface area (Å²) in [4.78, 5) is 40.5. The van der Waals surface area contributed by atoms with E-state index in [-0.39, 0.29) is 70.8 Å². The second kappa shape index (κ2) is 17.3. The summed E-state index contributed by atoms with van der Waals surface area (Å²) in [6.07, 6.45) is 3.36. The number of phenols is 3. The fraction of sp³-hybridized carbons (Fsp3) is 0.548. The highest BCUT2D eigenvalue weighted by molar-refractivity contribution is 6.22. The Hall–Kier alpha value is -4.71. The van der Waals surface area contributed by atoms with Crippen LogP contribution in [0, 0.1) is 35.8 Å². The molecule has 4 aliphatic rings. The number of phenolic OH excluding ortho intramolecular Hbond substituents is 3. The van der Waals surface area contributed by atoms with Gasteiger partial charge in [-0.05, 0) is 19.9 Å². The normalized spacial score (nSPS) is 31.9. The third-order valence-electron chi connectivity index (χ3n) is 11.8. The van der Waals surface area contributed by atoms with E-state index in [2.05, 4.69) is 5.32 Å². The SMILES string of the molecule is COC1/C=C/OC2(C)Oc3c(C)c(O)c4c(O)c(c(C[N+]5([O-])CCOCC5)c(O)c4c3C2=O)NC(=O)C(C)=C/C=C/C(C)C(O)C(C)C(O)C(C)C(OC(C)=O)C1C. The molecule has 1 fully saturated rings. The van der Waals surface area contributed by atoms with Crippen molar-refractivity contribution in [3.63, 3.8) is 0 Å². The average Bonchev–Trinajstić information content (AvgIpc) is 3.44. The minimum absolute atomic E-state index is 0.00576. The number of carbonyl (C=O) groups is 3. The molecule has 16 nitrogen and oxygen atoms in total. The van der Waals surface area contributed by atoms with Gasteiger partial charge in [0, 0.05) is 61.2 Å². The van der Waals surface area contributed by atoms with Gasteiger partial charge < -0.3 is 64.4 Å². The molecular weight excluding hydrogens is 756 g/mol. The standard InChI is InChI=1S/C42H56N2O14/c1-20-11-10-12-21(2)41(52)43-32-27(19-44(53)14-17-55-18-15-44)36(49)29-30(37(32)50)35(48)25(6)39-31(29)40(51)42(8,58-39)56-16-13-28(54-9)22(3)38(57-26(7)45)24(5)34(47)23(4)33(20)46/h10-13,16,20,22-24,28,33-34,38,46-50H,14-15,17-19H2,1-9H3,(H,43,52)/b11-10+,16-13+,21-12?. The van der Waals surface area contributed by atoms with Crippen LogP contribution in [0.2, 0.25) is 0 Å². The molecule has 5 bridgehead atoms. The number of ether oxygens (including phenoxy) is 5. The van der Waals surface area contributed by atoms with Crippen molar-refractivity contribution in [3.05, 3.63) is 58.0 Å². The topological polar surface area (TPSA) is 234 Å². The number of aromatic hydroxyl groups is 3. The average molecular weight is 813 g/mol. The number of benzene rings is 2. The number of nitrogens with one attached hydrogen (secondary N) is 1. The van der Waals surface area contributed by atoms with Crippen molar-refractivity contribution in [1.82, 2.24) is 0 Å². The maximum atomic E-state index is 14.4. The van der Waals surface area contributed by atoms with Gasteiger partial charge in [0.05, 0.1) is 60.0 Å². The van der Waals surface area contributed by atoms with Gasteiger partial charge in [0.25, 0.3) is 11.7 Å². The number of esters is 1. The fourth-order valence-corrected chi connectivity index (χ4v) is 8.06. The Kier molecular flexibility index (Phi) is 13.2. The molecule has 6 rings (SSSR count). The first-order chi connectivity index (χ1) is 27.2. The smallest absolute Gasteiger partial charge is 0.312 e. The highest BCUT2D eigenvalue weighted by Gasteiger charge is 2.50. The molecule has 6 N–H and O–H groups in total. The van der Waals surface area contributed by atoms with Crippen LogP contribution in [0.15, 0.2) is 36.1 Å². The summed E-state index contributed by atoms with van der Waals surface area (Å²) in [6, 6.07) is 0. The molecule has 0 aliphatic carbocycles. The van der Waals surface area contributed by atoms with E-state index in [1.165, 1.54) is 53.2 Å². The first kappa shape index (κ1) is 44.4. The number of aliphatic hydroxyl groups is 2. The van der Waals surface area contributed by atoms with Crippen LogP contribution in [0.3, 0.4) is 0 Å². The van der Waals surface area contributed by atoms with Crippen LogP contribution in [0.1, 0.15) is 70.0 Å². The van der Waals surface area contributed by atoms with Crippen molar-refractivity contribution in [3.8, 4) is 23.0 Å². The maximum Gasteiger partial charge on any atom is 0.312 e. The summed E-state index contributed by atoms with van der Waals surface area (Å²) in [5.41, 5.74) is -0.607. The van der Waals surface area contributed by atoms with Gasteiger partial charge in [0.15, 0.2) is 5.75 Å². The second-order valence-corrected chi connectivity index (χ2v) is 16.0. The van der Waals surface area contributed by atoms with Crippen molar-refractivity contribution in [2.24, 2.45) is 23.7 Å². The fourth-order valence-electron chi connectivity index (χ4n) is 8.06. The zero-order chi connectivity index (χ0) is 43.0. The molecule has 0 spiro atoms. The van der Waals surface area contributed by atoms with E-state index >= 15 is 0 Å². The highest BCUT2D eigenvalue weighted by Crippen LogP contribution is 2.55. The monoisotopic (exact) mass is 812 g/mol. The van der Waals surface area contributed by atoms with Crippen LogP contribution in [0.25, 0.3) is 10.8 Å². The molecule has 4 aliphatic heterocycles. The summed E-state index contributed by atoms with van der Waals surface area (Å²) < 4.78 is 28.0. The number of ketones is 1. The number of amides is 1. The highest BCUT2D eigenvalue weighted by atomic mass is 16.7. The number of rotatable bonds is 4. The van der Waals surface area contributed by atoms with Crippen molar-refractivity contribution >= 4 is 34.1 Å². The molecule has 1 amide bonds. The minimum Gasteiger partial charge on any atom is -0.632 e. The third kappa shape index (κ3) is 8.40.